The summed E-state index contributed by atoms with van der Waals surface area (Å²) in [7, 11) is 0. The molecule has 4 atom stereocenters. The van der Waals surface area contributed by atoms with E-state index in [4.69, 9.17) is 11.6 Å². The fraction of sp³-hybridized carbons (Fsp3) is 0.278. The molecule has 0 amide bonds. The summed E-state index contributed by atoms with van der Waals surface area (Å²) < 4.78 is 0. The van der Waals surface area contributed by atoms with Crippen LogP contribution in [0.15, 0.2) is 108 Å². The summed E-state index contributed by atoms with van der Waals surface area (Å²) in [6.45, 7) is 0. The lowest BCUT2D eigenvalue weighted by Gasteiger charge is -2.68. The zero-order valence-electron chi connectivity index (χ0n) is 20.5. The summed E-state index contributed by atoms with van der Waals surface area (Å²) >= 11 is 7.40. The average molecular weight is 495 g/mol. The van der Waals surface area contributed by atoms with E-state index in [0.29, 0.717) is 59.2 Å². The molecule has 0 nitrogen and oxygen atoms in total. The van der Waals surface area contributed by atoms with Gasteiger partial charge in [-0.05, 0) is 74.1 Å². The van der Waals surface area contributed by atoms with E-state index >= 15 is 0 Å². The van der Waals surface area contributed by atoms with Gasteiger partial charge in [0.1, 0.15) is 0 Å². The first-order valence-corrected chi connectivity index (χ1v) is 14.4. The number of benzene rings is 4. The molecule has 0 radical (unpaired) electrons. The van der Waals surface area contributed by atoms with Gasteiger partial charge in [-0.1, -0.05) is 115 Å². The van der Waals surface area contributed by atoms with E-state index in [1.807, 2.05) is 0 Å². The second-order valence-electron chi connectivity index (χ2n) is 12.4. The van der Waals surface area contributed by atoms with Gasteiger partial charge < -0.3 is 0 Å². The van der Waals surface area contributed by atoms with E-state index in [-0.39, 0.29) is 0 Å². The van der Waals surface area contributed by atoms with Crippen LogP contribution in [0.2, 0.25) is 0 Å². The monoisotopic (exact) mass is 494 g/mol. The molecule has 1 saturated carbocycles. The van der Waals surface area contributed by atoms with Gasteiger partial charge in [0.2, 0.25) is 0 Å². The van der Waals surface area contributed by atoms with Crippen LogP contribution in [0.5, 0.6) is 0 Å². The third-order valence-corrected chi connectivity index (χ3v) is 11.9. The van der Waals surface area contributed by atoms with Crippen LogP contribution in [0.3, 0.4) is 0 Å². The van der Waals surface area contributed by atoms with Gasteiger partial charge in [-0.2, -0.15) is 0 Å². The Hall–Kier alpha value is -3.09. The van der Waals surface area contributed by atoms with Crippen LogP contribution < -0.4 is 0 Å². The van der Waals surface area contributed by atoms with E-state index in [0.717, 1.165) is 5.03 Å². The molecule has 0 N–H and O–H groups in total. The smallest absolute Gasteiger partial charge is 0.0181 e. The molecule has 9 aliphatic carbocycles. The van der Waals surface area contributed by atoms with E-state index in [9.17, 15) is 0 Å². The number of rotatable bonds is 0. The Kier molecular flexibility index (Phi) is 3.59. The van der Waals surface area contributed by atoms with Gasteiger partial charge in [-0.3, -0.25) is 0 Å². The van der Waals surface area contributed by atoms with Gasteiger partial charge in [0, 0.05) is 34.6 Å². The molecule has 1 fully saturated rings. The molecule has 0 heterocycles. The Morgan fingerprint density at radius 2 is 0.649 bits per heavy atom. The first-order valence-electron chi connectivity index (χ1n) is 14.1. The van der Waals surface area contributed by atoms with Gasteiger partial charge in [-0.15, -0.1) is 0 Å². The topological polar surface area (TPSA) is 0 Å². The molecular weight excluding hydrogens is 468 g/mol. The van der Waals surface area contributed by atoms with Crippen LogP contribution in [-0.4, -0.2) is 0 Å². The van der Waals surface area contributed by atoms with Crippen LogP contribution in [0, 0.1) is 35.5 Å². The van der Waals surface area contributed by atoms with Gasteiger partial charge >= 0.3 is 0 Å². The number of halogens is 1. The van der Waals surface area contributed by atoms with Gasteiger partial charge in [0.15, 0.2) is 0 Å². The van der Waals surface area contributed by atoms with E-state index in [1.54, 1.807) is 44.5 Å². The van der Waals surface area contributed by atoms with Crippen molar-refractivity contribution >= 4 is 11.6 Å². The van der Waals surface area contributed by atoms with Crippen molar-refractivity contribution in [2.75, 3.05) is 0 Å². The SMILES string of the molecule is ClC1=CC2[C@H]3C4c5ccccc5C(c5ccccc54)[C@@H]3C1[C@H]1C3c4ccccc4C(c4ccccc43)[C@H]21. The highest BCUT2D eigenvalue weighted by molar-refractivity contribution is 6.30. The lowest BCUT2D eigenvalue weighted by Crippen LogP contribution is -2.61. The van der Waals surface area contributed by atoms with E-state index in [2.05, 4.69) is 103 Å². The second kappa shape index (κ2) is 6.66. The summed E-state index contributed by atoms with van der Waals surface area (Å²) in [4.78, 5) is 0. The standard InChI is InChI=1S/C36H27Cl/c37-27-17-26-32-28-18-9-1-5-13-22(18)30(23-14-6-2-10-19(23)28)35(32)34(27)36-31-24-15-7-3-11-20(24)29(33(26)36)21-12-4-8-16-25(21)31/h1-17,26,28-36H/t26?,28?,29?,30?,31?,32-,33-,34?,35-,36-/m0/s1. The zero-order chi connectivity index (χ0) is 24.0. The summed E-state index contributed by atoms with van der Waals surface area (Å²) in [5, 5.41) is 1.16. The molecule has 6 bridgehead atoms. The molecule has 4 aromatic rings. The lowest BCUT2D eigenvalue weighted by molar-refractivity contribution is -0.0497. The highest BCUT2D eigenvalue weighted by Gasteiger charge is 2.68. The Morgan fingerprint density at radius 1 is 0.378 bits per heavy atom. The third-order valence-electron chi connectivity index (χ3n) is 11.5. The molecular formula is C36H27Cl. The minimum atomic E-state index is 0.421. The quantitative estimate of drug-likeness (QED) is 0.230. The molecule has 0 aliphatic heterocycles. The van der Waals surface area contributed by atoms with Crippen molar-refractivity contribution < 1.29 is 0 Å². The fourth-order valence-electron chi connectivity index (χ4n) is 10.8. The Bertz CT molecular complexity index is 1470. The summed E-state index contributed by atoms with van der Waals surface area (Å²) in [5.74, 6) is 5.19. The molecule has 37 heavy (non-hydrogen) atoms. The summed E-state index contributed by atoms with van der Waals surface area (Å²) in [5.41, 5.74) is 12.6. The van der Waals surface area contributed by atoms with Gasteiger partial charge in [-0.25, -0.2) is 0 Å². The summed E-state index contributed by atoms with van der Waals surface area (Å²) in [6, 6.07) is 37.5. The number of allylic oxidation sites excluding steroid dienone is 2. The molecule has 0 unspecified atom stereocenters. The van der Waals surface area contributed by atoms with Gasteiger partial charge in [0.05, 0.1) is 0 Å². The van der Waals surface area contributed by atoms with Crippen molar-refractivity contribution in [3.8, 4) is 0 Å². The molecule has 9 aliphatic rings. The minimum Gasteiger partial charge on any atom is -0.0892 e. The Balaban J connectivity index is 1.26. The molecule has 4 aromatic carbocycles. The predicted octanol–water partition coefficient (Wildman–Crippen LogP) is 8.42. The molecule has 0 aromatic heterocycles. The maximum Gasteiger partial charge on any atom is 0.0181 e. The Morgan fingerprint density at radius 3 is 0.946 bits per heavy atom. The average Bonchev–Trinajstić information content (AvgIpc) is 2.96. The molecule has 1 heteroatoms. The van der Waals surface area contributed by atoms with Gasteiger partial charge in [0.25, 0.3) is 0 Å². The van der Waals surface area contributed by atoms with Crippen LogP contribution in [0.25, 0.3) is 0 Å². The molecule has 13 rings (SSSR count). The van der Waals surface area contributed by atoms with Crippen molar-refractivity contribution in [1.29, 1.82) is 0 Å². The zero-order valence-corrected chi connectivity index (χ0v) is 21.2. The van der Waals surface area contributed by atoms with Crippen LogP contribution in [0.4, 0.5) is 0 Å². The van der Waals surface area contributed by atoms with Crippen molar-refractivity contribution in [3.05, 3.63) is 153 Å². The predicted molar refractivity (Wildman–Crippen MR) is 148 cm³/mol. The first kappa shape index (κ1) is 19.9. The maximum absolute atomic E-state index is 7.40. The maximum atomic E-state index is 7.40. The molecule has 0 spiro atoms. The van der Waals surface area contributed by atoms with E-state index < -0.39 is 0 Å². The van der Waals surface area contributed by atoms with Crippen molar-refractivity contribution in [3.63, 3.8) is 0 Å². The van der Waals surface area contributed by atoms with Crippen LogP contribution >= 0.6 is 11.6 Å². The first-order chi connectivity index (χ1) is 18.3. The van der Waals surface area contributed by atoms with Crippen molar-refractivity contribution in [2.24, 2.45) is 35.5 Å². The highest BCUT2D eigenvalue weighted by atomic mass is 35.5. The van der Waals surface area contributed by atoms with Crippen LogP contribution in [0.1, 0.15) is 68.2 Å². The number of hydrogen-bond acceptors (Lipinski definition) is 0. The van der Waals surface area contributed by atoms with Crippen molar-refractivity contribution in [2.45, 2.75) is 23.7 Å². The summed E-state index contributed by atoms with van der Waals surface area (Å²) in [6.07, 6.45) is 2.55. The minimum absolute atomic E-state index is 0.421. The van der Waals surface area contributed by atoms with Crippen LogP contribution in [-0.2, 0) is 0 Å². The highest BCUT2D eigenvalue weighted by Crippen LogP contribution is 2.76. The molecule has 0 saturated heterocycles. The molecule has 178 valence electrons. The normalized spacial score (nSPS) is 38.0. The Labute approximate surface area is 223 Å². The largest absolute Gasteiger partial charge is 0.0892 e. The fourth-order valence-corrected chi connectivity index (χ4v) is 11.2. The van der Waals surface area contributed by atoms with E-state index in [1.165, 1.54) is 0 Å². The second-order valence-corrected chi connectivity index (χ2v) is 12.8. The third kappa shape index (κ3) is 2.15. The van der Waals surface area contributed by atoms with Crippen molar-refractivity contribution in [1.82, 2.24) is 0 Å². The number of hydrogen-bond donors (Lipinski definition) is 0. The lowest BCUT2D eigenvalue weighted by atomic mass is 9.35.